The molecule has 126 valence electrons. The third-order valence-corrected chi connectivity index (χ3v) is 5.15. The lowest BCUT2D eigenvalue weighted by Crippen LogP contribution is -2.34. The maximum Gasteiger partial charge on any atom is 0.249 e. The Labute approximate surface area is 139 Å². The predicted octanol–water partition coefficient (Wildman–Crippen LogP) is 3.25. The summed E-state index contributed by atoms with van der Waals surface area (Å²) < 4.78 is 5.40. The van der Waals surface area contributed by atoms with Crippen LogP contribution in [0, 0.1) is 0 Å². The van der Waals surface area contributed by atoms with E-state index >= 15 is 0 Å². The van der Waals surface area contributed by atoms with Crippen LogP contribution in [0.25, 0.3) is 0 Å². The van der Waals surface area contributed by atoms with Crippen molar-refractivity contribution in [3.8, 4) is 0 Å². The third kappa shape index (κ3) is 4.25. The second kappa shape index (κ2) is 7.82. The van der Waals surface area contributed by atoms with Gasteiger partial charge in [-0.15, -0.1) is 0 Å². The Balaban J connectivity index is 1.51. The van der Waals surface area contributed by atoms with Crippen LogP contribution in [-0.2, 0) is 16.1 Å². The lowest BCUT2D eigenvalue weighted by Gasteiger charge is -2.33. The highest BCUT2D eigenvalue weighted by atomic mass is 16.5. The number of benzene rings is 1. The molecule has 1 heterocycles. The Morgan fingerprint density at radius 1 is 1.13 bits per heavy atom. The van der Waals surface area contributed by atoms with Gasteiger partial charge in [0.05, 0.1) is 0 Å². The van der Waals surface area contributed by atoms with Crippen molar-refractivity contribution in [2.45, 2.75) is 63.6 Å². The average Bonchev–Trinajstić information content (AvgIpc) is 3.15. The van der Waals surface area contributed by atoms with E-state index in [1.165, 1.54) is 37.8 Å². The molecule has 1 aliphatic carbocycles. The Hall–Kier alpha value is -1.55. The van der Waals surface area contributed by atoms with Crippen molar-refractivity contribution in [1.82, 2.24) is 5.32 Å². The number of anilines is 1. The number of nitrogens with one attached hydrogen (secondary N) is 1. The summed E-state index contributed by atoms with van der Waals surface area (Å²) in [4.78, 5) is 14.4. The van der Waals surface area contributed by atoms with Crippen molar-refractivity contribution in [3.63, 3.8) is 0 Å². The molecule has 1 amide bonds. The first kappa shape index (κ1) is 16.3. The molecule has 1 N–H and O–H groups in total. The molecule has 0 aromatic heterocycles. The minimum Gasteiger partial charge on any atom is -0.372 e. The standard InChI is InChI=1S/C19H28N2O2/c1-21(16-6-3-2-4-7-16)17-11-9-15(10-12-17)14-20-19(22)18-8-5-13-23-18/h9-12,16,18H,2-8,13-14H2,1H3,(H,20,22)/t18-/m0/s1. The highest BCUT2D eigenvalue weighted by Crippen LogP contribution is 2.26. The number of hydrogen-bond donors (Lipinski definition) is 1. The second-order valence-corrected chi connectivity index (χ2v) is 6.79. The first-order valence-electron chi connectivity index (χ1n) is 8.95. The molecule has 4 nitrogen and oxygen atoms in total. The topological polar surface area (TPSA) is 41.6 Å². The fourth-order valence-corrected chi connectivity index (χ4v) is 3.62. The SMILES string of the molecule is CN(c1ccc(CNC(=O)[C@@H]2CCCO2)cc1)C1CCCCC1. The third-order valence-electron chi connectivity index (χ3n) is 5.15. The fraction of sp³-hybridized carbons (Fsp3) is 0.632. The Morgan fingerprint density at radius 3 is 2.52 bits per heavy atom. The van der Waals surface area contributed by atoms with Gasteiger partial charge < -0.3 is 15.0 Å². The molecule has 3 rings (SSSR count). The smallest absolute Gasteiger partial charge is 0.249 e. The molecule has 2 fully saturated rings. The molecule has 1 atom stereocenters. The van der Waals surface area contributed by atoms with Crippen LogP contribution in [-0.4, -0.2) is 31.7 Å². The highest BCUT2D eigenvalue weighted by Gasteiger charge is 2.23. The lowest BCUT2D eigenvalue weighted by molar-refractivity contribution is -0.130. The van der Waals surface area contributed by atoms with Crippen molar-refractivity contribution in [2.75, 3.05) is 18.6 Å². The molecule has 1 aromatic rings. The van der Waals surface area contributed by atoms with Crippen LogP contribution in [0.3, 0.4) is 0 Å². The minimum absolute atomic E-state index is 0.0194. The minimum atomic E-state index is -0.244. The lowest BCUT2D eigenvalue weighted by atomic mass is 9.94. The van der Waals surface area contributed by atoms with Crippen LogP contribution in [0.15, 0.2) is 24.3 Å². The summed E-state index contributed by atoms with van der Waals surface area (Å²) in [6.45, 7) is 1.28. The van der Waals surface area contributed by atoms with Crippen LogP contribution in [0.4, 0.5) is 5.69 Å². The van der Waals surface area contributed by atoms with E-state index < -0.39 is 0 Å². The van der Waals surface area contributed by atoms with Gasteiger partial charge in [-0.05, 0) is 43.4 Å². The molecule has 2 aliphatic rings. The first-order chi connectivity index (χ1) is 11.2. The zero-order valence-corrected chi connectivity index (χ0v) is 14.1. The van der Waals surface area contributed by atoms with Crippen LogP contribution in [0.2, 0.25) is 0 Å². The van der Waals surface area contributed by atoms with Gasteiger partial charge in [0, 0.05) is 31.9 Å². The van der Waals surface area contributed by atoms with Gasteiger partial charge in [-0.2, -0.15) is 0 Å². The van der Waals surface area contributed by atoms with Crippen molar-refractivity contribution in [3.05, 3.63) is 29.8 Å². The average molecular weight is 316 g/mol. The summed E-state index contributed by atoms with van der Waals surface area (Å²) in [6, 6.07) is 9.24. The highest BCUT2D eigenvalue weighted by molar-refractivity contribution is 5.80. The predicted molar refractivity (Wildman–Crippen MR) is 92.5 cm³/mol. The van der Waals surface area contributed by atoms with Crippen LogP contribution >= 0.6 is 0 Å². The van der Waals surface area contributed by atoms with Gasteiger partial charge in [0.15, 0.2) is 0 Å². The van der Waals surface area contributed by atoms with Crippen LogP contribution < -0.4 is 10.2 Å². The number of rotatable bonds is 5. The Morgan fingerprint density at radius 2 is 1.87 bits per heavy atom. The number of amides is 1. The Kier molecular flexibility index (Phi) is 5.55. The van der Waals surface area contributed by atoms with Gasteiger partial charge >= 0.3 is 0 Å². The summed E-state index contributed by atoms with van der Waals surface area (Å²) in [5.41, 5.74) is 2.41. The summed E-state index contributed by atoms with van der Waals surface area (Å²) >= 11 is 0. The molecule has 23 heavy (non-hydrogen) atoms. The monoisotopic (exact) mass is 316 g/mol. The maximum absolute atomic E-state index is 12.0. The van der Waals surface area contributed by atoms with Crippen molar-refractivity contribution in [1.29, 1.82) is 0 Å². The molecular weight excluding hydrogens is 288 g/mol. The molecule has 1 saturated carbocycles. The van der Waals surface area contributed by atoms with Crippen molar-refractivity contribution in [2.24, 2.45) is 0 Å². The van der Waals surface area contributed by atoms with Gasteiger partial charge in [-0.25, -0.2) is 0 Å². The molecule has 0 spiro atoms. The molecule has 0 radical (unpaired) electrons. The summed E-state index contributed by atoms with van der Waals surface area (Å²) in [7, 11) is 2.20. The molecule has 1 saturated heterocycles. The Bertz CT molecular complexity index is 503. The van der Waals surface area contributed by atoms with Gasteiger partial charge in [0.1, 0.15) is 6.10 Å². The first-order valence-corrected chi connectivity index (χ1v) is 8.95. The number of ether oxygens (including phenoxy) is 1. The number of nitrogens with zero attached hydrogens (tertiary/aromatic N) is 1. The van der Waals surface area contributed by atoms with Crippen LogP contribution in [0.5, 0.6) is 0 Å². The van der Waals surface area contributed by atoms with E-state index in [-0.39, 0.29) is 12.0 Å². The van der Waals surface area contributed by atoms with Gasteiger partial charge in [0.25, 0.3) is 0 Å². The molecular formula is C19H28N2O2. The van der Waals surface area contributed by atoms with Crippen LogP contribution in [0.1, 0.15) is 50.5 Å². The number of carbonyl (C=O) groups excluding carboxylic acids is 1. The second-order valence-electron chi connectivity index (χ2n) is 6.79. The van der Waals surface area contributed by atoms with E-state index in [2.05, 4.69) is 41.5 Å². The number of hydrogen-bond acceptors (Lipinski definition) is 3. The quantitative estimate of drug-likeness (QED) is 0.906. The molecule has 0 unspecified atom stereocenters. The molecule has 4 heteroatoms. The summed E-state index contributed by atoms with van der Waals surface area (Å²) in [6.07, 6.45) is 8.27. The van der Waals surface area contributed by atoms with E-state index in [4.69, 9.17) is 4.74 Å². The molecule has 1 aliphatic heterocycles. The number of carbonyl (C=O) groups is 1. The summed E-state index contributed by atoms with van der Waals surface area (Å²) in [5.74, 6) is 0.0194. The van der Waals surface area contributed by atoms with Crippen molar-refractivity contribution >= 4 is 11.6 Å². The molecule has 0 bridgehead atoms. The van der Waals surface area contributed by atoms with E-state index in [0.717, 1.165) is 18.4 Å². The van der Waals surface area contributed by atoms with Gasteiger partial charge in [0.2, 0.25) is 5.91 Å². The van der Waals surface area contributed by atoms with Crippen molar-refractivity contribution < 1.29 is 9.53 Å². The molecule has 1 aromatic carbocycles. The van der Waals surface area contributed by atoms with Gasteiger partial charge in [-0.1, -0.05) is 31.4 Å². The van der Waals surface area contributed by atoms with E-state index in [9.17, 15) is 4.79 Å². The van der Waals surface area contributed by atoms with Gasteiger partial charge in [-0.3, -0.25) is 4.79 Å². The van der Waals surface area contributed by atoms with E-state index in [1.54, 1.807) is 0 Å². The zero-order valence-electron chi connectivity index (χ0n) is 14.1. The summed E-state index contributed by atoms with van der Waals surface area (Å²) in [5, 5.41) is 2.98. The van der Waals surface area contributed by atoms with E-state index in [1.807, 2.05) is 0 Å². The largest absolute Gasteiger partial charge is 0.372 e. The van der Waals surface area contributed by atoms with E-state index in [0.29, 0.717) is 19.2 Å². The normalized spacial score (nSPS) is 22.0. The fourth-order valence-electron chi connectivity index (χ4n) is 3.62. The zero-order chi connectivity index (χ0) is 16.1. The maximum atomic E-state index is 12.0.